The first-order valence-corrected chi connectivity index (χ1v) is 8.41. The molecular formula is C20H15F6NO3. The number of para-hydroxylation sites is 1. The van der Waals surface area contributed by atoms with Gasteiger partial charge in [-0.2, -0.15) is 26.3 Å². The molecule has 0 aliphatic heterocycles. The highest BCUT2D eigenvalue weighted by atomic mass is 19.4. The van der Waals surface area contributed by atoms with Crippen LogP contribution in [0, 0.1) is 0 Å². The number of ether oxygens (including phenoxy) is 1. The van der Waals surface area contributed by atoms with Crippen LogP contribution in [-0.4, -0.2) is 18.0 Å². The first-order valence-electron chi connectivity index (χ1n) is 8.41. The molecule has 0 aromatic heterocycles. The molecule has 2 aromatic carbocycles. The molecule has 0 heterocycles. The van der Waals surface area contributed by atoms with Crippen LogP contribution in [0.4, 0.5) is 32.0 Å². The topological polar surface area (TPSA) is 55.4 Å². The van der Waals surface area contributed by atoms with Crippen molar-refractivity contribution in [3.8, 4) is 0 Å². The van der Waals surface area contributed by atoms with Crippen LogP contribution in [0.25, 0.3) is 6.08 Å². The van der Waals surface area contributed by atoms with Crippen LogP contribution in [0.15, 0.2) is 54.6 Å². The zero-order chi connectivity index (χ0) is 22.5. The third kappa shape index (κ3) is 6.36. The van der Waals surface area contributed by atoms with Crippen LogP contribution >= 0.6 is 0 Å². The predicted molar refractivity (Wildman–Crippen MR) is 96.1 cm³/mol. The summed E-state index contributed by atoms with van der Waals surface area (Å²) in [5, 5.41) is 2.03. The van der Waals surface area contributed by atoms with Gasteiger partial charge in [0.2, 0.25) is 0 Å². The molecule has 0 saturated carbocycles. The highest BCUT2D eigenvalue weighted by Crippen LogP contribution is 2.34. The van der Waals surface area contributed by atoms with Gasteiger partial charge in [0, 0.05) is 6.08 Å². The molecule has 10 heteroatoms. The van der Waals surface area contributed by atoms with E-state index in [4.69, 9.17) is 4.74 Å². The van der Waals surface area contributed by atoms with Crippen molar-refractivity contribution < 1.29 is 40.7 Å². The van der Waals surface area contributed by atoms with E-state index in [-0.39, 0.29) is 5.56 Å². The second kappa shape index (κ2) is 9.02. The van der Waals surface area contributed by atoms with Gasteiger partial charge in [0.05, 0.1) is 16.8 Å². The van der Waals surface area contributed by atoms with Crippen molar-refractivity contribution >= 4 is 23.6 Å². The van der Waals surface area contributed by atoms with Crippen molar-refractivity contribution in [3.63, 3.8) is 0 Å². The van der Waals surface area contributed by atoms with E-state index in [9.17, 15) is 35.9 Å². The Kier molecular flexibility index (Phi) is 6.91. The van der Waals surface area contributed by atoms with Gasteiger partial charge in [-0.3, -0.25) is 4.79 Å². The number of hydrogen-bond acceptors (Lipinski definition) is 3. The van der Waals surface area contributed by atoms with E-state index < -0.39 is 47.1 Å². The second-order valence-corrected chi connectivity index (χ2v) is 6.07. The molecule has 1 N–H and O–H groups in total. The largest absolute Gasteiger partial charge is 0.449 e. The number of hydrogen-bond donors (Lipinski definition) is 1. The van der Waals surface area contributed by atoms with Crippen LogP contribution in [0.3, 0.4) is 0 Å². The summed E-state index contributed by atoms with van der Waals surface area (Å²) in [5.74, 6) is -2.06. The van der Waals surface area contributed by atoms with Crippen molar-refractivity contribution in [3.05, 3.63) is 71.3 Å². The Hall–Kier alpha value is -3.30. The summed E-state index contributed by atoms with van der Waals surface area (Å²) in [6.07, 6.45) is -8.84. The molecule has 1 amide bonds. The molecule has 0 fully saturated rings. The van der Waals surface area contributed by atoms with Gasteiger partial charge in [-0.05, 0) is 42.8 Å². The fourth-order valence-electron chi connectivity index (χ4n) is 2.32. The summed E-state index contributed by atoms with van der Waals surface area (Å²) in [5.41, 5.74) is -2.41. The van der Waals surface area contributed by atoms with Gasteiger partial charge in [-0.25, -0.2) is 4.79 Å². The summed E-state index contributed by atoms with van der Waals surface area (Å²) in [7, 11) is 0. The van der Waals surface area contributed by atoms with Gasteiger partial charge in [0.25, 0.3) is 5.91 Å². The Morgan fingerprint density at radius 2 is 1.63 bits per heavy atom. The van der Waals surface area contributed by atoms with Crippen molar-refractivity contribution in [2.45, 2.75) is 25.4 Å². The normalized spacial score (nSPS) is 13.2. The highest BCUT2D eigenvalue weighted by molar-refractivity contribution is 5.97. The number of carbonyl (C=O) groups is 2. The lowest BCUT2D eigenvalue weighted by atomic mass is 10.1. The molecule has 0 saturated heterocycles. The van der Waals surface area contributed by atoms with E-state index in [2.05, 4.69) is 0 Å². The third-order valence-electron chi connectivity index (χ3n) is 3.78. The van der Waals surface area contributed by atoms with Crippen molar-refractivity contribution in [1.82, 2.24) is 0 Å². The lowest BCUT2D eigenvalue weighted by molar-refractivity contribution is -0.148. The quantitative estimate of drug-likeness (QED) is 0.397. The standard InChI is InChI=1S/C20H15F6NO3/c1-12(18(29)27-16-8-3-2-7-15(16)20(24,25)26)30-17(28)10-9-13-5-4-6-14(11-13)19(21,22)23/h2-12H,1H3,(H,27,29)/b10-9+. The zero-order valence-electron chi connectivity index (χ0n) is 15.3. The van der Waals surface area contributed by atoms with Crippen molar-refractivity contribution in [1.29, 1.82) is 0 Å². The van der Waals surface area contributed by atoms with Gasteiger partial charge in [0.15, 0.2) is 6.10 Å². The molecule has 0 radical (unpaired) electrons. The molecule has 2 aromatic rings. The average molecular weight is 431 g/mol. The summed E-state index contributed by atoms with van der Waals surface area (Å²) >= 11 is 0. The Balaban J connectivity index is 2.01. The molecule has 0 aliphatic carbocycles. The number of halogens is 6. The molecule has 1 unspecified atom stereocenters. The van der Waals surface area contributed by atoms with Gasteiger partial charge >= 0.3 is 18.3 Å². The molecule has 0 bridgehead atoms. The molecule has 1 atom stereocenters. The van der Waals surface area contributed by atoms with Crippen LogP contribution in [0.2, 0.25) is 0 Å². The zero-order valence-corrected chi connectivity index (χ0v) is 15.3. The lowest BCUT2D eigenvalue weighted by Gasteiger charge is -2.16. The van der Waals surface area contributed by atoms with E-state index in [1.807, 2.05) is 5.32 Å². The van der Waals surface area contributed by atoms with Crippen LogP contribution in [0.5, 0.6) is 0 Å². The Morgan fingerprint density at radius 3 is 2.27 bits per heavy atom. The van der Waals surface area contributed by atoms with Crippen LogP contribution in [-0.2, 0) is 26.7 Å². The van der Waals surface area contributed by atoms with E-state index in [1.54, 1.807) is 0 Å². The number of anilines is 1. The van der Waals surface area contributed by atoms with Crippen LogP contribution in [0.1, 0.15) is 23.6 Å². The molecule has 160 valence electrons. The molecule has 30 heavy (non-hydrogen) atoms. The number of carbonyl (C=O) groups excluding carboxylic acids is 2. The Morgan fingerprint density at radius 1 is 0.967 bits per heavy atom. The highest BCUT2D eigenvalue weighted by Gasteiger charge is 2.34. The first-order chi connectivity index (χ1) is 13.9. The number of esters is 1. The van der Waals surface area contributed by atoms with E-state index >= 15 is 0 Å². The SMILES string of the molecule is CC(OC(=O)/C=C/c1cccc(C(F)(F)F)c1)C(=O)Nc1ccccc1C(F)(F)F. The predicted octanol–water partition coefficient (Wildman–Crippen LogP) is 5.31. The number of rotatable bonds is 5. The van der Waals surface area contributed by atoms with E-state index in [0.29, 0.717) is 0 Å². The average Bonchev–Trinajstić information content (AvgIpc) is 2.65. The molecule has 4 nitrogen and oxygen atoms in total. The lowest BCUT2D eigenvalue weighted by Crippen LogP contribution is -2.30. The summed E-state index contributed by atoms with van der Waals surface area (Å²) < 4.78 is 81.7. The summed E-state index contributed by atoms with van der Waals surface area (Å²) in [6.45, 7) is 1.14. The molecule has 0 aliphatic rings. The fraction of sp³-hybridized carbons (Fsp3) is 0.200. The van der Waals surface area contributed by atoms with Crippen molar-refractivity contribution in [2.75, 3.05) is 5.32 Å². The minimum atomic E-state index is -4.70. The summed E-state index contributed by atoms with van der Waals surface area (Å²) in [6, 6.07) is 8.42. The monoisotopic (exact) mass is 431 g/mol. The maximum absolute atomic E-state index is 13.0. The van der Waals surface area contributed by atoms with Gasteiger partial charge < -0.3 is 10.1 Å². The Bertz CT molecular complexity index is 950. The van der Waals surface area contributed by atoms with Crippen molar-refractivity contribution in [2.24, 2.45) is 0 Å². The molecule has 2 rings (SSSR count). The van der Waals surface area contributed by atoms with E-state index in [0.717, 1.165) is 55.5 Å². The van der Waals surface area contributed by atoms with Gasteiger partial charge in [-0.1, -0.05) is 24.3 Å². The fourth-order valence-corrected chi connectivity index (χ4v) is 2.32. The van der Waals surface area contributed by atoms with E-state index in [1.165, 1.54) is 12.1 Å². The number of nitrogens with one attached hydrogen (secondary N) is 1. The minimum Gasteiger partial charge on any atom is -0.449 e. The first kappa shape index (κ1) is 23.0. The van der Waals surface area contributed by atoms with Gasteiger partial charge in [-0.15, -0.1) is 0 Å². The third-order valence-corrected chi connectivity index (χ3v) is 3.78. The van der Waals surface area contributed by atoms with Crippen LogP contribution < -0.4 is 5.32 Å². The maximum atomic E-state index is 13.0. The maximum Gasteiger partial charge on any atom is 0.418 e. The second-order valence-electron chi connectivity index (χ2n) is 6.07. The number of alkyl halides is 6. The Labute approximate surface area is 167 Å². The molecule has 0 spiro atoms. The minimum absolute atomic E-state index is 0.0676. The smallest absolute Gasteiger partial charge is 0.418 e. The number of amides is 1. The number of benzene rings is 2. The summed E-state index contributed by atoms with van der Waals surface area (Å²) in [4.78, 5) is 23.9. The van der Waals surface area contributed by atoms with Gasteiger partial charge in [0.1, 0.15) is 0 Å². The molecular weight excluding hydrogens is 416 g/mol.